The Balaban J connectivity index is 2.70. The molecule has 0 radical (unpaired) electrons. The highest BCUT2D eigenvalue weighted by atomic mass is 32.2. The molecule has 0 aliphatic carbocycles. The summed E-state index contributed by atoms with van der Waals surface area (Å²) in [6.07, 6.45) is 0.655. The van der Waals surface area contributed by atoms with Crippen LogP contribution in [-0.2, 0) is 16.3 Å². The van der Waals surface area contributed by atoms with Gasteiger partial charge >= 0.3 is 0 Å². The Morgan fingerprint density at radius 3 is 2.32 bits per heavy atom. The molecular formula is C14H15NO3S. The number of pyridine rings is 1. The van der Waals surface area contributed by atoms with Crippen LogP contribution in [0.4, 0.5) is 0 Å². The molecule has 0 unspecified atom stereocenters. The Morgan fingerprint density at radius 1 is 1.16 bits per heavy atom. The van der Waals surface area contributed by atoms with Gasteiger partial charge in [0.15, 0.2) is 0 Å². The molecule has 0 spiro atoms. The van der Waals surface area contributed by atoms with E-state index in [9.17, 15) is 13.2 Å². The summed E-state index contributed by atoms with van der Waals surface area (Å²) in [4.78, 5) is 14.6. The van der Waals surface area contributed by atoms with Crippen LogP contribution in [0.1, 0.15) is 18.2 Å². The number of aromatic nitrogens is 1. The Morgan fingerprint density at radius 2 is 1.79 bits per heavy atom. The third-order valence-electron chi connectivity index (χ3n) is 2.93. The molecule has 4 nitrogen and oxygen atoms in total. The maximum Gasteiger partial charge on any atom is 0.267 e. The zero-order chi connectivity index (χ0) is 14.0. The zero-order valence-electron chi connectivity index (χ0n) is 10.8. The van der Waals surface area contributed by atoms with Crippen molar-refractivity contribution < 1.29 is 8.42 Å². The first kappa shape index (κ1) is 13.5. The van der Waals surface area contributed by atoms with Gasteiger partial charge in [-0.05, 0) is 37.1 Å². The van der Waals surface area contributed by atoms with E-state index in [-0.39, 0.29) is 9.79 Å². The van der Waals surface area contributed by atoms with Crippen molar-refractivity contribution in [1.29, 1.82) is 0 Å². The second kappa shape index (κ2) is 5.01. The molecule has 1 aromatic heterocycles. The Labute approximate surface area is 112 Å². The predicted octanol–water partition coefficient (Wildman–Crippen LogP) is 2.08. The monoisotopic (exact) mass is 277 g/mol. The van der Waals surface area contributed by atoms with Gasteiger partial charge in [-0.2, -0.15) is 0 Å². The van der Waals surface area contributed by atoms with Gasteiger partial charge in [0, 0.05) is 5.69 Å². The molecule has 0 atom stereocenters. The van der Waals surface area contributed by atoms with Crippen LogP contribution < -0.4 is 5.56 Å². The van der Waals surface area contributed by atoms with Crippen molar-refractivity contribution in [2.45, 2.75) is 30.1 Å². The van der Waals surface area contributed by atoms with Crippen LogP contribution in [0.2, 0.25) is 0 Å². The van der Waals surface area contributed by atoms with Crippen molar-refractivity contribution in [2.75, 3.05) is 0 Å². The molecule has 0 amide bonds. The molecule has 1 N–H and O–H groups in total. The first-order valence-electron chi connectivity index (χ1n) is 5.99. The number of aromatic amines is 1. The highest BCUT2D eigenvalue weighted by molar-refractivity contribution is 7.91. The number of H-pyrrole nitrogens is 1. The summed E-state index contributed by atoms with van der Waals surface area (Å²) in [7, 11) is -3.77. The molecule has 5 heteroatoms. The molecule has 0 aliphatic rings. The second-order valence-electron chi connectivity index (χ2n) is 4.31. The topological polar surface area (TPSA) is 67.0 Å². The SMILES string of the molecule is CCc1cc(C)c(S(=O)(=O)c2ccccc2)c(=O)[nH]1. The van der Waals surface area contributed by atoms with E-state index in [4.69, 9.17) is 0 Å². The van der Waals surface area contributed by atoms with Gasteiger partial charge in [0.2, 0.25) is 9.84 Å². The standard InChI is InChI=1S/C14H15NO3S/c1-3-11-9-10(2)13(14(16)15-11)19(17,18)12-7-5-4-6-8-12/h4-9H,3H2,1-2H3,(H,15,16). The molecule has 2 rings (SSSR count). The molecule has 100 valence electrons. The molecule has 1 aromatic carbocycles. The van der Waals surface area contributed by atoms with Gasteiger partial charge in [-0.1, -0.05) is 25.1 Å². The summed E-state index contributed by atoms with van der Waals surface area (Å²) < 4.78 is 24.9. The van der Waals surface area contributed by atoms with Crippen LogP contribution in [0, 0.1) is 6.92 Å². The van der Waals surface area contributed by atoms with Crippen LogP contribution in [0.25, 0.3) is 0 Å². The van der Waals surface area contributed by atoms with Gasteiger partial charge in [-0.25, -0.2) is 8.42 Å². The van der Waals surface area contributed by atoms with Crippen molar-refractivity contribution in [3.8, 4) is 0 Å². The maximum absolute atomic E-state index is 12.5. The smallest absolute Gasteiger partial charge is 0.267 e. The van der Waals surface area contributed by atoms with Gasteiger partial charge in [0.25, 0.3) is 5.56 Å². The van der Waals surface area contributed by atoms with Gasteiger partial charge in [-0.15, -0.1) is 0 Å². The zero-order valence-corrected chi connectivity index (χ0v) is 11.6. The van der Waals surface area contributed by atoms with Crippen LogP contribution in [0.3, 0.4) is 0 Å². The summed E-state index contributed by atoms with van der Waals surface area (Å²) in [5.41, 5.74) is 0.652. The van der Waals surface area contributed by atoms with Crippen molar-refractivity contribution in [3.63, 3.8) is 0 Å². The first-order valence-corrected chi connectivity index (χ1v) is 7.48. The number of hydrogen-bond donors (Lipinski definition) is 1. The molecule has 0 saturated carbocycles. The maximum atomic E-state index is 12.5. The van der Waals surface area contributed by atoms with Gasteiger partial charge in [0.05, 0.1) is 4.90 Å². The minimum Gasteiger partial charge on any atom is -0.325 e. The number of benzene rings is 1. The molecule has 0 fully saturated rings. The summed E-state index contributed by atoms with van der Waals surface area (Å²) in [6.45, 7) is 3.54. The third-order valence-corrected chi connectivity index (χ3v) is 4.87. The predicted molar refractivity (Wildman–Crippen MR) is 73.1 cm³/mol. The largest absolute Gasteiger partial charge is 0.325 e. The van der Waals surface area contributed by atoms with Crippen LogP contribution >= 0.6 is 0 Å². The lowest BCUT2D eigenvalue weighted by atomic mass is 10.2. The van der Waals surface area contributed by atoms with Gasteiger partial charge < -0.3 is 4.98 Å². The lowest BCUT2D eigenvalue weighted by Crippen LogP contribution is -2.21. The molecule has 19 heavy (non-hydrogen) atoms. The number of aryl methyl sites for hydroxylation is 2. The van der Waals surface area contributed by atoms with Crippen molar-refractivity contribution in [2.24, 2.45) is 0 Å². The van der Waals surface area contributed by atoms with Gasteiger partial charge in [0.1, 0.15) is 4.90 Å². The number of sulfone groups is 1. The summed E-state index contributed by atoms with van der Waals surface area (Å²) in [6, 6.07) is 9.69. The van der Waals surface area contributed by atoms with E-state index in [0.29, 0.717) is 12.0 Å². The molecule has 0 saturated heterocycles. The molecule has 2 aromatic rings. The lowest BCUT2D eigenvalue weighted by Gasteiger charge is -2.08. The summed E-state index contributed by atoms with van der Waals surface area (Å²) in [5.74, 6) is 0. The highest BCUT2D eigenvalue weighted by Crippen LogP contribution is 2.20. The molecule has 0 bridgehead atoms. The van der Waals surface area contributed by atoms with E-state index in [0.717, 1.165) is 5.69 Å². The van der Waals surface area contributed by atoms with Crippen LogP contribution in [0.5, 0.6) is 0 Å². The Bertz CT molecular complexity index is 746. The van der Waals surface area contributed by atoms with Crippen molar-refractivity contribution >= 4 is 9.84 Å². The normalized spacial score (nSPS) is 11.5. The van der Waals surface area contributed by atoms with E-state index < -0.39 is 15.4 Å². The van der Waals surface area contributed by atoms with E-state index in [1.54, 1.807) is 31.2 Å². The first-order chi connectivity index (χ1) is 8.96. The fraction of sp³-hybridized carbons (Fsp3) is 0.214. The molecule has 1 heterocycles. The summed E-state index contributed by atoms with van der Waals surface area (Å²) >= 11 is 0. The fourth-order valence-corrected chi connectivity index (χ4v) is 3.52. The summed E-state index contributed by atoms with van der Waals surface area (Å²) in [5, 5.41) is 0. The van der Waals surface area contributed by atoms with Gasteiger partial charge in [-0.3, -0.25) is 4.79 Å². The Kier molecular flexibility index (Phi) is 3.57. The highest BCUT2D eigenvalue weighted by Gasteiger charge is 2.23. The number of rotatable bonds is 3. The Hall–Kier alpha value is -1.88. The average Bonchev–Trinajstić information content (AvgIpc) is 2.38. The van der Waals surface area contributed by atoms with Crippen LogP contribution in [-0.4, -0.2) is 13.4 Å². The third kappa shape index (κ3) is 2.46. The van der Waals surface area contributed by atoms with Crippen molar-refractivity contribution in [3.05, 3.63) is 58.0 Å². The van der Waals surface area contributed by atoms with Crippen LogP contribution in [0.15, 0.2) is 51.0 Å². The second-order valence-corrected chi connectivity index (χ2v) is 6.19. The quantitative estimate of drug-likeness (QED) is 0.934. The number of nitrogens with one attached hydrogen (secondary N) is 1. The van der Waals surface area contributed by atoms with E-state index in [2.05, 4.69) is 4.98 Å². The number of hydrogen-bond acceptors (Lipinski definition) is 3. The minimum absolute atomic E-state index is 0.132. The minimum atomic E-state index is -3.77. The fourth-order valence-electron chi connectivity index (χ4n) is 1.99. The van der Waals surface area contributed by atoms with E-state index in [1.807, 2.05) is 6.92 Å². The van der Waals surface area contributed by atoms with Crippen molar-refractivity contribution in [1.82, 2.24) is 4.98 Å². The average molecular weight is 277 g/mol. The molecule has 0 aliphatic heterocycles. The van der Waals surface area contributed by atoms with E-state index in [1.165, 1.54) is 12.1 Å². The molecular weight excluding hydrogens is 262 g/mol. The lowest BCUT2D eigenvalue weighted by molar-refractivity contribution is 0.594. The van der Waals surface area contributed by atoms with E-state index >= 15 is 0 Å².